The van der Waals surface area contributed by atoms with Crippen LogP contribution < -0.4 is 5.32 Å². The average Bonchev–Trinajstić information content (AvgIpc) is 2.76. The van der Waals surface area contributed by atoms with Crippen molar-refractivity contribution in [2.75, 3.05) is 0 Å². The Morgan fingerprint density at radius 3 is 2.93 bits per heavy atom. The first-order valence-electron chi connectivity index (χ1n) is 4.86. The minimum atomic E-state index is -0.0497. The van der Waals surface area contributed by atoms with Crippen molar-refractivity contribution in [2.45, 2.75) is 30.1 Å². The second kappa shape index (κ2) is 4.85. The molecule has 0 spiro atoms. The van der Waals surface area contributed by atoms with E-state index in [2.05, 4.69) is 21.2 Å². The van der Waals surface area contributed by atoms with Crippen LogP contribution in [0.5, 0.6) is 0 Å². The number of carbonyl (C=O) groups is 1. The van der Waals surface area contributed by atoms with Gasteiger partial charge in [0.1, 0.15) is 4.88 Å². The quantitative estimate of drug-likeness (QED) is 0.833. The van der Waals surface area contributed by atoms with Crippen LogP contribution in [-0.2, 0) is 0 Å². The Morgan fingerprint density at radius 1 is 1.60 bits per heavy atom. The van der Waals surface area contributed by atoms with Gasteiger partial charge >= 0.3 is 0 Å². The van der Waals surface area contributed by atoms with Gasteiger partial charge in [0.2, 0.25) is 0 Å². The Hall–Kier alpha value is -0.0600. The van der Waals surface area contributed by atoms with Gasteiger partial charge in [0.05, 0.1) is 5.02 Å². The standard InChI is InChI=1S/C10H11BrClNOS/c11-6-2-1-3-8(6)13-10(14)9-7(12)4-5-15-9/h4-6,8H,1-3H2,(H,13,14). The number of alkyl halides is 1. The van der Waals surface area contributed by atoms with Crippen LogP contribution in [0, 0.1) is 0 Å². The van der Waals surface area contributed by atoms with Gasteiger partial charge in [-0.15, -0.1) is 11.3 Å². The Bertz CT molecular complexity index is 368. The average molecular weight is 309 g/mol. The molecule has 2 unspecified atom stereocenters. The largest absolute Gasteiger partial charge is 0.347 e. The van der Waals surface area contributed by atoms with Crippen LogP contribution in [0.25, 0.3) is 0 Å². The Labute approximate surface area is 106 Å². The van der Waals surface area contributed by atoms with Crippen molar-refractivity contribution in [3.05, 3.63) is 21.3 Å². The van der Waals surface area contributed by atoms with Gasteiger partial charge in [-0.25, -0.2) is 0 Å². The Kier molecular flexibility index (Phi) is 3.69. The van der Waals surface area contributed by atoms with Crippen molar-refractivity contribution in [1.82, 2.24) is 5.32 Å². The van der Waals surface area contributed by atoms with E-state index in [0.717, 1.165) is 12.8 Å². The lowest BCUT2D eigenvalue weighted by Crippen LogP contribution is -2.37. The molecular weight excluding hydrogens is 298 g/mol. The second-order valence-corrected chi connectivity index (χ2v) is 6.12. The Morgan fingerprint density at radius 2 is 2.40 bits per heavy atom. The van der Waals surface area contributed by atoms with Crippen molar-refractivity contribution in [1.29, 1.82) is 0 Å². The van der Waals surface area contributed by atoms with E-state index in [1.807, 2.05) is 5.38 Å². The van der Waals surface area contributed by atoms with Crippen LogP contribution in [-0.4, -0.2) is 16.8 Å². The van der Waals surface area contributed by atoms with Gasteiger partial charge in [-0.2, -0.15) is 0 Å². The number of amides is 1. The summed E-state index contributed by atoms with van der Waals surface area (Å²) in [5, 5.41) is 5.39. The van der Waals surface area contributed by atoms with E-state index in [4.69, 9.17) is 11.6 Å². The number of nitrogens with one attached hydrogen (secondary N) is 1. The van der Waals surface area contributed by atoms with Gasteiger partial charge < -0.3 is 5.32 Å². The van der Waals surface area contributed by atoms with Crippen LogP contribution >= 0.6 is 38.9 Å². The summed E-state index contributed by atoms with van der Waals surface area (Å²) in [5.74, 6) is -0.0497. The van der Waals surface area contributed by atoms with Crippen molar-refractivity contribution < 1.29 is 4.79 Å². The third-order valence-corrected chi connectivity index (χ3v) is 5.01. The molecule has 1 aromatic heterocycles. The number of thiophene rings is 1. The summed E-state index contributed by atoms with van der Waals surface area (Å²) in [6.07, 6.45) is 3.34. The first kappa shape index (κ1) is 11.4. The van der Waals surface area contributed by atoms with Gasteiger partial charge in [-0.1, -0.05) is 34.0 Å². The van der Waals surface area contributed by atoms with E-state index >= 15 is 0 Å². The molecule has 2 atom stereocenters. The Balaban J connectivity index is 2.01. The summed E-state index contributed by atoms with van der Waals surface area (Å²) in [6.45, 7) is 0. The summed E-state index contributed by atoms with van der Waals surface area (Å²) in [5.41, 5.74) is 0. The van der Waals surface area contributed by atoms with E-state index in [1.54, 1.807) is 6.07 Å². The molecule has 1 aromatic rings. The third kappa shape index (κ3) is 2.55. The highest BCUT2D eigenvalue weighted by Crippen LogP contribution is 2.27. The summed E-state index contributed by atoms with van der Waals surface area (Å²) in [4.78, 5) is 12.8. The molecule has 1 aliphatic rings. The van der Waals surface area contributed by atoms with Crippen molar-refractivity contribution in [3.63, 3.8) is 0 Å². The molecule has 1 saturated carbocycles. The normalized spacial score (nSPS) is 25.5. The maximum absolute atomic E-state index is 11.8. The molecule has 0 aromatic carbocycles. The molecule has 5 heteroatoms. The summed E-state index contributed by atoms with van der Waals surface area (Å²) in [7, 11) is 0. The molecule has 82 valence electrons. The lowest BCUT2D eigenvalue weighted by molar-refractivity contribution is 0.0943. The van der Waals surface area contributed by atoms with E-state index in [9.17, 15) is 4.79 Å². The maximum atomic E-state index is 11.8. The highest BCUT2D eigenvalue weighted by molar-refractivity contribution is 9.09. The fourth-order valence-corrected chi connectivity index (χ4v) is 3.53. The second-order valence-electron chi connectivity index (χ2n) is 3.62. The number of rotatable bonds is 2. The van der Waals surface area contributed by atoms with Gasteiger partial charge in [-0.05, 0) is 24.3 Å². The summed E-state index contributed by atoms with van der Waals surface area (Å²) >= 11 is 10.8. The van der Waals surface area contributed by atoms with Crippen LogP contribution in [0.4, 0.5) is 0 Å². The fourth-order valence-electron chi connectivity index (χ4n) is 1.77. The van der Waals surface area contributed by atoms with Crippen molar-refractivity contribution in [2.24, 2.45) is 0 Å². The van der Waals surface area contributed by atoms with E-state index < -0.39 is 0 Å². The zero-order valence-corrected chi connectivity index (χ0v) is 11.2. The van der Waals surface area contributed by atoms with Crippen molar-refractivity contribution in [3.8, 4) is 0 Å². The molecule has 0 radical (unpaired) electrons. The molecule has 15 heavy (non-hydrogen) atoms. The lowest BCUT2D eigenvalue weighted by Gasteiger charge is -2.15. The van der Waals surface area contributed by atoms with E-state index in [0.29, 0.717) is 14.7 Å². The highest BCUT2D eigenvalue weighted by Gasteiger charge is 2.27. The number of hydrogen-bond donors (Lipinski definition) is 1. The van der Waals surface area contributed by atoms with Gasteiger partial charge in [0.15, 0.2) is 0 Å². The maximum Gasteiger partial charge on any atom is 0.263 e. The van der Waals surface area contributed by atoms with Crippen molar-refractivity contribution >= 4 is 44.8 Å². The SMILES string of the molecule is O=C(NC1CCCC1Br)c1sccc1Cl. The fraction of sp³-hybridized carbons (Fsp3) is 0.500. The minimum absolute atomic E-state index is 0.0497. The molecule has 1 amide bonds. The van der Waals surface area contributed by atoms with Gasteiger partial charge in [0.25, 0.3) is 5.91 Å². The summed E-state index contributed by atoms with van der Waals surface area (Å²) < 4.78 is 0. The zero-order chi connectivity index (χ0) is 10.8. The van der Waals surface area contributed by atoms with Crippen LogP contribution in [0.15, 0.2) is 11.4 Å². The van der Waals surface area contributed by atoms with E-state index in [1.165, 1.54) is 17.8 Å². The van der Waals surface area contributed by atoms with Gasteiger partial charge in [0, 0.05) is 10.9 Å². The topological polar surface area (TPSA) is 29.1 Å². The van der Waals surface area contributed by atoms with Crippen LogP contribution in [0.2, 0.25) is 5.02 Å². The molecule has 1 N–H and O–H groups in total. The number of carbonyl (C=O) groups excluding carboxylic acids is 1. The first-order chi connectivity index (χ1) is 7.18. The minimum Gasteiger partial charge on any atom is -0.347 e. The smallest absolute Gasteiger partial charge is 0.263 e. The monoisotopic (exact) mass is 307 g/mol. The molecule has 1 aliphatic carbocycles. The lowest BCUT2D eigenvalue weighted by atomic mass is 10.2. The zero-order valence-electron chi connectivity index (χ0n) is 8.00. The third-order valence-electron chi connectivity index (χ3n) is 2.57. The molecule has 2 rings (SSSR count). The van der Waals surface area contributed by atoms with Crippen LogP contribution in [0.3, 0.4) is 0 Å². The predicted molar refractivity (Wildman–Crippen MR) is 67.1 cm³/mol. The summed E-state index contributed by atoms with van der Waals surface area (Å²) in [6, 6.07) is 2.00. The molecule has 0 saturated heterocycles. The predicted octanol–water partition coefficient (Wildman–Crippen LogP) is 3.45. The van der Waals surface area contributed by atoms with Crippen LogP contribution in [0.1, 0.15) is 28.9 Å². The molecule has 0 bridgehead atoms. The van der Waals surface area contributed by atoms with Gasteiger partial charge in [-0.3, -0.25) is 4.79 Å². The molecule has 0 aliphatic heterocycles. The molecular formula is C10H11BrClNOS. The van der Waals surface area contributed by atoms with E-state index in [-0.39, 0.29) is 11.9 Å². The highest BCUT2D eigenvalue weighted by atomic mass is 79.9. The first-order valence-corrected chi connectivity index (χ1v) is 7.03. The molecule has 1 heterocycles. The number of hydrogen-bond acceptors (Lipinski definition) is 2. The molecule has 2 nitrogen and oxygen atoms in total. The number of halogens is 2. The molecule has 1 fully saturated rings.